The molecule has 0 bridgehead atoms. The van der Waals surface area contributed by atoms with Crippen molar-refractivity contribution in [3.63, 3.8) is 0 Å². The number of aliphatic imine (C=N–C) groups is 1. The SMILES string of the molecule is Cc1ccccc1-n1c(O)c(C=NC(=O)Nc2cccc(Cl)c2)c(=O)[nH]c1=O. The van der Waals surface area contributed by atoms with Gasteiger partial charge in [0.1, 0.15) is 5.56 Å². The summed E-state index contributed by atoms with van der Waals surface area (Å²) in [6, 6.07) is 12.5. The Morgan fingerprint density at radius 2 is 1.96 bits per heavy atom. The normalized spacial score (nSPS) is 10.9. The van der Waals surface area contributed by atoms with Crippen LogP contribution in [-0.2, 0) is 0 Å². The summed E-state index contributed by atoms with van der Waals surface area (Å²) in [5, 5.41) is 13.4. The molecular weight excluding hydrogens is 384 g/mol. The van der Waals surface area contributed by atoms with Crippen LogP contribution in [0.5, 0.6) is 5.88 Å². The molecule has 0 saturated heterocycles. The van der Waals surface area contributed by atoms with E-state index < -0.39 is 23.2 Å². The van der Waals surface area contributed by atoms with E-state index in [9.17, 15) is 19.5 Å². The maximum Gasteiger partial charge on any atom is 0.345 e. The smallest absolute Gasteiger partial charge is 0.345 e. The van der Waals surface area contributed by atoms with Crippen LogP contribution < -0.4 is 16.6 Å². The van der Waals surface area contributed by atoms with Gasteiger partial charge in [0.2, 0.25) is 5.88 Å². The lowest BCUT2D eigenvalue weighted by Crippen LogP contribution is -2.31. The van der Waals surface area contributed by atoms with Crippen molar-refractivity contribution in [1.29, 1.82) is 0 Å². The number of carbonyl (C=O) groups is 1. The molecule has 8 nitrogen and oxygen atoms in total. The molecule has 0 fully saturated rings. The maximum absolute atomic E-state index is 12.2. The molecule has 142 valence electrons. The molecule has 0 saturated carbocycles. The zero-order chi connectivity index (χ0) is 20.3. The molecule has 3 aromatic rings. The Morgan fingerprint density at radius 1 is 1.21 bits per heavy atom. The molecule has 2 aromatic carbocycles. The van der Waals surface area contributed by atoms with Crippen LogP contribution in [0.2, 0.25) is 5.02 Å². The second-order valence-electron chi connectivity index (χ2n) is 5.82. The third-order valence-electron chi connectivity index (χ3n) is 3.86. The molecule has 0 radical (unpaired) electrons. The number of anilines is 1. The highest BCUT2D eigenvalue weighted by Gasteiger charge is 2.15. The number of carbonyl (C=O) groups excluding carboxylic acids is 1. The van der Waals surface area contributed by atoms with E-state index in [-0.39, 0.29) is 5.56 Å². The molecule has 0 aliphatic heterocycles. The second kappa shape index (κ2) is 7.93. The number of H-pyrrole nitrogens is 1. The summed E-state index contributed by atoms with van der Waals surface area (Å²) in [5.74, 6) is -0.623. The fraction of sp³-hybridized carbons (Fsp3) is 0.0526. The van der Waals surface area contributed by atoms with Crippen LogP contribution in [-0.4, -0.2) is 26.9 Å². The first-order valence-corrected chi connectivity index (χ1v) is 8.49. The van der Waals surface area contributed by atoms with E-state index in [1.807, 2.05) is 0 Å². The third kappa shape index (κ3) is 4.02. The van der Waals surface area contributed by atoms with Gasteiger partial charge in [-0.1, -0.05) is 35.9 Å². The second-order valence-corrected chi connectivity index (χ2v) is 6.25. The minimum absolute atomic E-state index is 0.330. The topological polar surface area (TPSA) is 117 Å². The lowest BCUT2D eigenvalue weighted by atomic mass is 10.2. The summed E-state index contributed by atoms with van der Waals surface area (Å²) in [5.41, 5.74) is -0.501. The molecule has 3 N–H and O–H groups in total. The number of aromatic hydroxyl groups is 1. The fourth-order valence-electron chi connectivity index (χ4n) is 2.54. The molecule has 0 spiro atoms. The molecule has 28 heavy (non-hydrogen) atoms. The van der Waals surface area contributed by atoms with Crippen molar-refractivity contribution in [1.82, 2.24) is 9.55 Å². The minimum atomic E-state index is -0.869. The van der Waals surface area contributed by atoms with Gasteiger partial charge in [-0.3, -0.25) is 9.78 Å². The highest BCUT2D eigenvalue weighted by Crippen LogP contribution is 2.18. The number of urea groups is 1. The third-order valence-corrected chi connectivity index (χ3v) is 4.10. The number of hydrogen-bond acceptors (Lipinski definition) is 4. The number of amides is 2. The van der Waals surface area contributed by atoms with Crippen LogP contribution in [0.1, 0.15) is 11.1 Å². The van der Waals surface area contributed by atoms with E-state index in [1.54, 1.807) is 49.4 Å². The number of nitrogens with zero attached hydrogens (tertiary/aromatic N) is 2. The number of aromatic nitrogens is 2. The quantitative estimate of drug-likeness (QED) is 0.588. The van der Waals surface area contributed by atoms with E-state index in [4.69, 9.17) is 11.6 Å². The zero-order valence-electron chi connectivity index (χ0n) is 14.6. The number of nitrogens with one attached hydrogen (secondary N) is 2. The Labute approximate surface area is 163 Å². The molecule has 1 heterocycles. The summed E-state index contributed by atoms with van der Waals surface area (Å²) in [7, 11) is 0. The Bertz CT molecular complexity index is 1200. The predicted octanol–water partition coefficient (Wildman–Crippen LogP) is 2.84. The van der Waals surface area contributed by atoms with E-state index in [2.05, 4.69) is 15.3 Å². The molecule has 9 heteroatoms. The number of halogens is 1. The number of aromatic amines is 1. The molecule has 1 aromatic heterocycles. The van der Waals surface area contributed by atoms with Gasteiger partial charge in [-0.25, -0.2) is 19.1 Å². The van der Waals surface area contributed by atoms with Crippen molar-refractivity contribution in [3.05, 3.63) is 85.5 Å². The van der Waals surface area contributed by atoms with Crippen molar-refractivity contribution in [3.8, 4) is 11.6 Å². The van der Waals surface area contributed by atoms with Crippen molar-refractivity contribution < 1.29 is 9.90 Å². The van der Waals surface area contributed by atoms with E-state index in [0.29, 0.717) is 22.0 Å². The first-order valence-electron chi connectivity index (χ1n) is 8.11. The van der Waals surface area contributed by atoms with Gasteiger partial charge < -0.3 is 10.4 Å². The lowest BCUT2D eigenvalue weighted by molar-refractivity contribution is 0.259. The van der Waals surface area contributed by atoms with Crippen LogP contribution in [0.3, 0.4) is 0 Å². The van der Waals surface area contributed by atoms with Gasteiger partial charge in [-0.05, 0) is 36.8 Å². The first kappa shape index (κ1) is 19.1. The molecule has 3 rings (SSSR count). The highest BCUT2D eigenvalue weighted by atomic mass is 35.5. The molecule has 2 amide bonds. The molecular formula is C19H15ClN4O4. The largest absolute Gasteiger partial charge is 0.493 e. The van der Waals surface area contributed by atoms with Crippen molar-refractivity contribution in [2.75, 3.05) is 5.32 Å². The summed E-state index contributed by atoms with van der Waals surface area (Å²) < 4.78 is 0.937. The Balaban J connectivity index is 1.96. The summed E-state index contributed by atoms with van der Waals surface area (Å²) in [6.45, 7) is 1.75. The van der Waals surface area contributed by atoms with Gasteiger partial charge in [0.25, 0.3) is 5.56 Å². The number of benzene rings is 2. The average Bonchev–Trinajstić information content (AvgIpc) is 2.63. The number of hydrogen-bond donors (Lipinski definition) is 3. The standard InChI is InChI=1S/C19H15ClN4O4/c1-11-5-2-3-8-15(11)24-17(26)14(16(25)23-19(24)28)10-21-18(27)22-13-7-4-6-12(20)9-13/h2-10,26H,1H3,(H,22,27)(H,23,25,28). The zero-order valence-corrected chi connectivity index (χ0v) is 15.4. The van der Waals surface area contributed by atoms with Gasteiger partial charge in [0.05, 0.1) is 11.9 Å². The Hall–Kier alpha value is -3.65. The Morgan fingerprint density at radius 3 is 2.68 bits per heavy atom. The summed E-state index contributed by atoms with van der Waals surface area (Å²) in [4.78, 5) is 42.0. The fourth-order valence-corrected chi connectivity index (χ4v) is 2.73. The van der Waals surface area contributed by atoms with Gasteiger partial charge in [-0.2, -0.15) is 0 Å². The van der Waals surface area contributed by atoms with Gasteiger partial charge in [0, 0.05) is 10.7 Å². The number of rotatable bonds is 3. The van der Waals surface area contributed by atoms with Crippen LogP contribution in [0.15, 0.2) is 63.1 Å². The molecule has 0 aliphatic carbocycles. The van der Waals surface area contributed by atoms with Gasteiger partial charge in [-0.15, -0.1) is 0 Å². The lowest BCUT2D eigenvalue weighted by Gasteiger charge is -2.11. The summed E-state index contributed by atoms with van der Waals surface area (Å²) >= 11 is 5.85. The predicted molar refractivity (Wildman–Crippen MR) is 107 cm³/mol. The summed E-state index contributed by atoms with van der Waals surface area (Å²) in [6.07, 6.45) is 0.891. The van der Waals surface area contributed by atoms with E-state index in [1.165, 1.54) is 6.07 Å². The highest BCUT2D eigenvalue weighted by molar-refractivity contribution is 6.30. The first-order chi connectivity index (χ1) is 13.4. The number of para-hydroxylation sites is 1. The van der Waals surface area contributed by atoms with Crippen molar-refractivity contribution in [2.45, 2.75) is 6.92 Å². The van der Waals surface area contributed by atoms with Crippen molar-refractivity contribution >= 4 is 29.5 Å². The monoisotopic (exact) mass is 398 g/mol. The van der Waals surface area contributed by atoms with E-state index >= 15 is 0 Å². The van der Waals surface area contributed by atoms with Crippen LogP contribution in [0.4, 0.5) is 10.5 Å². The van der Waals surface area contributed by atoms with Crippen LogP contribution in [0, 0.1) is 6.92 Å². The van der Waals surface area contributed by atoms with Gasteiger partial charge >= 0.3 is 11.7 Å². The van der Waals surface area contributed by atoms with Gasteiger partial charge in [0.15, 0.2) is 0 Å². The number of aryl methyl sites for hydroxylation is 1. The molecule has 0 unspecified atom stereocenters. The average molecular weight is 399 g/mol. The maximum atomic E-state index is 12.2. The van der Waals surface area contributed by atoms with Crippen molar-refractivity contribution in [2.24, 2.45) is 4.99 Å². The minimum Gasteiger partial charge on any atom is -0.493 e. The Kier molecular flexibility index (Phi) is 5.42. The van der Waals surface area contributed by atoms with E-state index in [0.717, 1.165) is 10.8 Å². The van der Waals surface area contributed by atoms with Crippen LogP contribution in [0.25, 0.3) is 5.69 Å². The van der Waals surface area contributed by atoms with Crippen LogP contribution >= 0.6 is 11.6 Å². The molecule has 0 atom stereocenters. The molecule has 0 aliphatic rings.